The van der Waals surface area contributed by atoms with Gasteiger partial charge in [0, 0.05) is 16.5 Å². The van der Waals surface area contributed by atoms with Crippen molar-refractivity contribution in [3.63, 3.8) is 0 Å². The molecule has 0 saturated carbocycles. The van der Waals surface area contributed by atoms with Crippen LogP contribution in [0, 0.1) is 0 Å². The number of hydrogen-bond acceptors (Lipinski definition) is 5. The molecular weight excluding hydrogens is 313 g/mol. The van der Waals surface area contributed by atoms with Crippen LogP contribution < -0.4 is 10.5 Å². The minimum absolute atomic E-state index is 0.392. The van der Waals surface area contributed by atoms with E-state index in [0.29, 0.717) is 38.4 Å². The maximum atomic E-state index is 12.6. The van der Waals surface area contributed by atoms with Crippen molar-refractivity contribution in [2.24, 2.45) is 0 Å². The van der Waals surface area contributed by atoms with Gasteiger partial charge in [-0.2, -0.15) is 0 Å². The van der Waals surface area contributed by atoms with Crippen LogP contribution in [-0.2, 0) is 6.67 Å². The lowest BCUT2D eigenvalue weighted by Gasteiger charge is -2.08. The number of anilines is 1. The standard InChI is InChI=1S/C14H11ClFN3OS/c1-20-13-2-8-10(17)4-12(19-11(8)3-9(13)15)14-18-7(5-16)6-21-14/h2-4,6H,5H2,1H3,(H2,17,19). The molecule has 0 unspecified atom stereocenters. The van der Waals surface area contributed by atoms with Crippen molar-refractivity contribution in [2.45, 2.75) is 6.67 Å². The molecule has 0 saturated heterocycles. The predicted octanol–water partition coefficient (Wildman–Crippen LogP) is 4.07. The third-order valence-electron chi connectivity index (χ3n) is 3.02. The van der Waals surface area contributed by atoms with Crippen molar-refractivity contribution in [1.29, 1.82) is 0 Å². The number of benzene rings is 1. The van der Waals surface area contributed by atoms with Crippen LogP contribution in [0.5, 0.6) is 5.75 Å². The third kappa shape index (κ3) is 2.52. The zero-order valence-electron chi connectivity index (χ0n) is 11.1. The van der Waals surface area contributed by atoms with Gasteiger partial charge in [0.15, 0.2) is 0 Å². The fourth-order valence-electron chi connectivity index (χ4n) is 2.01. The first-order valence-electron chi connectivity index (χ1n) is 6.07. The van der Waals surface area contributed by atoms with Gasteiger partial charge in [0.1, 0.15) is 23.1 Å². The van der Waals surface area contributed by atoms with Crippen molar-refractivity contribution < 1.29 is 9.13 Å². The summed E-state index contributed by atoms with van der Waals surface area (Å²) in [7, 11) is 1.54. The summed E-state index contributed by atoms with van der Waals surface area (Å²) in [4.78, 5) is 8.67. The number of thiazole rings is 1. The Labute approximate surface area is 129 Å². The van der Waals surface area contributed by atoms with Crippen LogP contribution in [0.3, 0.4) is 0 Å². The van der Waals surface area contributed by atoms with Crippen LogP contribution in [0.4, 0.5) is 10.1 Å². The van der Waals surface area contributed by atoms with Gasteiger partial charge in [0.2, 0.25) is 0 Å². The van der Waals surface area contributed by atoms with Gasteiger partial charge in [-0.05, 0) is 18.2 Å². The van der Waals surface area contributed by atoms with E-state index in [1.165, 1.54) is 11.3 Å². The van der Waals surface area contributed by atoms with Gasteiger partial charge in [-0.15, -0.1) is 11.3 Å². The number of nitrogens with two attached hydrogens (primary N) is 1. The van der Waals surface area contributed by atoms with Gasteiger partial charge in [-0.3, -0.25) is 0 Å². The molecular formula is C14H11ClFN3OS. The van der Waals surface area contributed by atoms with E-state index in [0.717, 1.165) is 5.39 Å². The Bertz CT molecular complexity index is 821. The number of halogens is 2. The molecule has 3 aromatic rings. The first-order chi connectivity index (χ1) is 10.1. The van der Waals surface area contributed by atoms with Crippen LogP contribution in [0.2, 0.25) is 5.02 Å². The van der Waals surface area contributed by atoms with Gasteiger partial charge < -0.3 is 10.5 Å². The molecule has 0 aliphatic carbocycles. The Morgan fingerprint density at radius 1 is 1.33 bits per heavy atom. The summed E-state index contributed by atoms with van der Waals surface area (Å²) in [5.41, 5.74) is 8.26. The highest BCUT2D eigenvalue weighted by molar-refractivity contribution is 7.13. The van der Waals surface area contributed by atoms with Gasteiger partial charge in [0.05, 0.1) is 23.3 Å². The lowest BCUT2D eigenvalue weighted by Crippen LogP contribution is -1.94. The summed E-state index contributed by atoms with van der Waals surface area (Å²) in [5.74, 6) is 0.541. The third-order valence-corrected chi connectivity index (χ3v) is 4.23. The number of ether oxygens (including phenoxy) is 1. The minimum Gasteiger partial charge on any atom is -0.495 e. The number of aromatic nitrogens is 2. The zero-order chi connectivity index (χ0) is 15.0. The first kappa shape index (κ1) is 14.0. The summed E-state index contributed by atoms with van der Waals surface area (Å²) < 4.78 is 17.8. The van der Waals surface area contributed by atoms with Crippen molar-refractivity contribution in [3.05, 3.63) is 34.3 Å². The van der Waals surface area contributed by atoms with Crippen molar-refractivity contribution in [3.8, 4) is 16.5 Å². The van der Waals surface area contributed by atoms with Gasteiger partial charge in [0.25, 0.3) is 0 Å². The minimum atomic E-state index is -0.595. The molecule has 2 aromatic heterocycles. The second kappa shape index (κ2) is 5.46. The number of pyridine rings is 1. The summed E-state index contributed by atoms with van der Waals surface area (Å²) in [6.45, 7) is -0.595. The number of rotatable bonds is 3. The molecule has 0 fully saturated rings. The van der Waals surface area contributed by atoms with Gasteiger partial charge >= 0.3 is 0 Å². The van der Waals surface area contributed by atoms with Gasteiger partial charge in [-0.1, -0.05) is 11.6 Å². The van der Waals surface area contributed by atoms with E-state index < -0.39 is 6.67 Å². The highest BCUT2D eigenvalue weighted by atomic mass is 35.5. The molecule has 2 heterocycles. The molecule has 108 valence electrons. The number of nitrogen functional groups attached to an aromatic ring is 1. The van der Waals surface area contributed by atoms with Crippen molar-refractivity contribution in [1.82, 2.24) is 9.97 Å². The van der Waals surface area contributed by atoms with Crippen molar-refractivity contribution in [2.75, 3.05) is 12.8 Å². The van der Waals surface area contributed by atoms with E-state index in [2.05, 4.69) is 9.97 Å². The van der Waals surface area contributed by atoms with E-state index in [1.54, 1.807) is 30.7 Å². The lowest BCUT2D eigenvalue weighted by molar-refractivity contribution is 0.415. The van der Waals surface area contributed by atoms with E-state index >= 15 is 0 Å². The van der Waals surface area contributed by atoms with Crippen LogP contribution in [-0.4, -0.2) is 17.1 Å². The van der Waals surface area contributed by atoms with E-state index in [4.69, 9.17) is 22.1 Å². The number of hydrogen-bond donors (Lipinski definition) is 1. The molecule has 0 aliphatic rings. The van der Waals surface area contributed by atoms with E-state index in [1.807, 2.05) is 0 Å². The molecule has 0 aliphatic heterocycles. The molecule has 7 heteroatoms. The Morgan fingerprint density at radius 3 is 2.81 bits per heavy atom. The lowest BCUT2D eigenvalue weighted by atomic mass is 10.1. The monoisotopic (exact) mass is 323 g/mol. The summed E-state index contributed by atoms with van der Waals surface area (Å²) in [6, 6.07) is 5.16. The fourth-order valence-corrected chi connectivity index (χ4v) is 3.00. The molecule has 3 rings (SSSR count). The smallest absolute Gasteiger partial charge is 0.142 e. The molecule has 1 aromatic carbocycles. The van der Waals surface area contributed by atoms with Crippen LogP contribution >= 0.6 is 22.9 Å². The largest absolute Gasteiger partial charge is 0.495 e. The topological polar surface area (TPSA) is 61.0 Å². The van der Waals surface area contributed by atoms with E-state index in [-0.39, 0.29) is 0 Å². The zero-order valence-corrected chi connectivity index (χ0v) is 12.6. The second-order valence-electron chi connectivity index (χ2n) is 4.38. The van der Waals surface area contributed by atoms with Crippen LogP contribution in [0.15, 0.2) is 23.6 Å². The Hall–Kier alpha value is -1.92. The summed E-state index contributed by atoms with van der Waals surface area (Å²) in [5, 5.41) is 3.50. The molecule has 2 N–H and O–H groups in total. The highest BCUT2D eigenvalue weighted by Crippen LogP contribution is 2.34. The van der Waals surface area contributed by atoms with Crippen LogP contribution in [0.25, 0.3) is 21.6 Å². The van der Waals surface area contributed by atoms with Gasteiger partial charge in [-0.25, -0.2) is 14.4 Å². The first-order valence-corrected chi connectivity index (χ1v) is 7.32. The Balaban J connectivity index is 2.18. The number of fused-ring (bicyclic) bond motifs is 1. The molecule has 0 radical (unpaired) electrons. The SMILES string of the molecule is COc1cc2c(N)cc(-c3nc(CF)cs3)nc2cc1Cl. The fraction of sp³-hybridized carbons (Fsp3) is 0.143. The maximum Gasteiger partial charge on any atom is 0.142 e. The number of alkyl halides is 1. The van der Waals surface area contributed by atoms with Crippen molar-refractivity contribution >= 4 is 39.5 Å². The molecule has 0 bridgehead atoms. The predicted molar refractivity (Wildman–Crippen MR) is 83.6 cm³/mol. The number of nitrogens with zero attached hydrogens (tertiary/aromatic N) is 2. The Kier molecular flexibility index (Phi) is 3.65. The molecule has 21 heavy (non-hydrogen) atoms. The van der Waals surface area contributed by atoms with Crippen LogP contribution in [0.1, 0.15) is 5.69 Å². The molecule has 4 nitrogen and oxygen atoms in total. The Morgan fingerprint density at radius 2 is 2.14 bits per heavy atom. The molecule has 0 amide bonds. The highest BCUT2D eigenvalue weighted by Gasteiger charge is 2.12. The average molecular weight is 324 g/mol. The normalized spacial score (nSPS) is 11.0. The van der Waals surface area contributed by atoms with E-state index in [9.17, 15) is 4.39 Å². The molecule has 0 spiro atoms. The number of methoxy groups -OCH3 is 1. The summed E-state index contributed by atoms with van der Waals surface area (Å²) in [6.07, 6.45) is 0. The molecule has 0 atom stereocenters. The average Bonchev–Trinajstić information content (AvgIpc) is 2.95. The quantitative estimate of drug-likeness (QED) is 0.789. The summed E-state index contributed by atoms with van der Waals surface area (Å²) >= 11 is 7.44. The second-order valence-corrected chi connectivity index (χ2v) is 5.64. The maximum absolute atomic E-state index is 12.6.